The Balaban J connectivity index is 1.62. The molecule has 4 nitrogen and oxygen atoms in total. The first kappa shape index (κ1) is 21.0. The van der Waals surface area contributed by atoms with Crippen LogP contribution in [0, 0.1) is 6.07 Å². The summed E-state index contributed by atoms with van der Waals surface area (Å²) in [5, 5.41) is 4.16. The van der Waals surface area contributed by atoms with E-state index in [1.807, 2.05) is 42.5 Å². The van der Waals surface area contributed by atoms with E-state index in [1.165, 1.54) is 16.3 Å². The number of hydrogen-bond acceptors (Lipinski definition) is 2. The monoisotopic (exact) mass is 455 g/mol. The van der Waals surface area contributed by atoms with Crippen LogP contribution >= 0.6 is 0 Å². The highest BCUT2D eigenvalue weighted by Crippen LogP contribution is 2.35. The van der Waals surface area contributed by atoms with Crippen LogP contribution in [-0.2, 0) is 6.54 Å². The Hall–Kier alpha value is -4.57. The molecule has 0 unspecified atom stereocenters. The molecule has 0 fully saturated rings. The maximum absolute atomic E-state index is 12.3. The number of carbonyl (C=O) groups excluding carboxylic acids is 1. The number of rotatable bonds is 5. The molecule has 6 aromatic rings. The lowest BCUT2D eigenvalue weighted by atomic mass is 10.0. The molecule has 35 heavy (non-hydrogen) atoms. The summed E-state index contributed by atoms with van der Waals surface area (Å²) in [7, 11) is 1.66. The van der Waals surface area contributed by atoms with E-state index < -0.39 is 5.91 Å². The van der Waals surface area contributed by atoms with Crippen LogP contribution < -0.4 is 10.5 Å². The second-order valence-electron chi connectivity index (χ2n) is 8.67. The van der Waals surface area contributed by atoms with Gasteiger partial charge in [0.15, 0.2) is 0 Å². The van der Waals surface area contributed by atoms with Gasteiger partial charge in [0, 0.05) is 22.9 Å². The van der Waals surface area contributed by atoms with Gasteiger partial charge in [0.2, 0.25) is 5.91 Å². The van der Waals surface area contributed by atoms with Gasteiger partial charge < -0.3 is 15.0 Å². The molecule has 2 N–H and O–H groups in total. The van der Waals surface area contributed by atoms with Crippen molar-refractivity contribution in [3.63, 3.8) is 0 Å². The van der Waals surface area contributed by atoms with Gasteiger partial charge in [-0.25, -0.2) is 0 Å². The number of fused-ring (bicyclic) bond motifs is 4. The highest BCUT2D eigenvalue weighted by Gasteiger charge is 2.18. The summed E-state index contributed by atoms with van der Waals surface area (Å²) in [6.07, 6.45) is 0. The third-order valence-corrected chi connectivity index (χ3v) is 6.69. The van der Waals surface area contributed by atoms with E-state index in [0.717, 1.165) is 38.7 Å². The fraction of sp³-hybridized carbons (Fsp3) is 0.0645. The largest absolute Gasteiger partial charge is 0.497 e. The van der Waals surface area contributed by atoms with Crippen LogP contribution in [0.5, 0.6) is 5.75 Å². The molecule has 0 spiro atoms. The molecule has 1 amide bonds. The Bertz CT molecular complexity index is 1720. The normalized spacial score (nSPS) is 11.3. The van der Waals surface area contributed by atoms with E-state index in [4.69, 9.17) is 10.5 Å². The predicted molar refractivity (Wildman–Crippen MR) is 142 cm³/mol. The number of nitrogens with zero attached hydrogens (tertiary/aromatic N) is 1. The molecule has 0 aliphatic rings. The van der Waals surface area contributed by atoms with Crippen molar-refractivity contribution in [1.82, 2.24) is 4.57 Å². The van der Waals surface area contributed by atoms with E-state index in [2.05, 4.69) is 59.2 Å². The number of aromatic nitrogens is 1. The SMILES string of the molecule is COc1ccc(-c2c[c]c3c4c(C(N)=O)cccc4n(Cc4cccc5ccccc45)c3c2)cc1. The molecule has 0 atom stereocenters. The molecule has 1 heterocycles. The average molecular weight is 456 g/mol. The van der Waals surface area contributed by atoms with Crippen LogP contribution in [0.1, 0.15) is 15.9 Å². The third kappa shape index (κ3) is 3.51. The van der Waals surface area contributed by atoms with Gasteiger partial charge in [0.05, 0.1) is 18.1 Å². The standard InChI is InChI=1S/C31H23N2O2/c1-35-24-15-12-20(13-16-24)22-14-17-26-29(18-22)33(28-11-5-10-27(30(26)28)31(32)34)19-23-8-4-7-21-6-2-3-9-25(21)23/h2-16,18H,19H2,1H3,(H2,32,34). The lowest BCUT2D eigenvalue weighted by Gasteiger charge is -2.12. The number of hydrogen-bond donors (Lipinski definition) is 1. The Kier molecular flexibility index (Phi) is 5.00. The van der Waals surface area contributed by atoms with Gasteiger partial charge in [0.25, 0.3) is 0 Å². The first-order chi connectivity index (χ1) is 17.1. The van der Waals surface area contributed by atoms with Gasteiger partial charge in [-0.3, -0.25) is 4.79 Å². The summed E-state index contributed by atoms with van der Waals surface area (Å²) in [5.74, 6) is 0.377. The van der Waals surface area contributed by atoms with E-state index in [1.54, 1.807) is 13.2 Å². The van der Waals surface area contributed by atoms with E-state index >= 15 is 0 Å². The Morgan fingerprint density at radius 2 is 1.66 bits per heavy atom. The molecule has 4 heteroatoms. The number of carbonyl (C=O) groups is 1. The van der Waals surface area contributed by atoms with Crippen LogP contribution in [0.15, 0.2) is 97.1 Å². The van der Waals surface area contributed by atoms with E-state index in [-0.39, 0.29) is 0 Å². The maximum atomic E-state index is 12.3. The molecular formula is C31H23N2O2. The summed E-state index contributed by atoms with van der Waals surface area (Å²) in [6.45, 7) is 0.656. The van der Waals surface area contributed by atoms with Crippen molar-refractivity contribution in [1.29, 1.82) is 0 Å². The average Bonchev–Trinajstić information content (AvgIpc) is 3.21. The number of primary amides is 1. The molecule has 1 aromatic heterocycles. The van der Waals surface area contributed by atoms with Crippen molar-refractivity contribution in [2.24, 2.45) is 5.73 Å². The molecule has 0 aliphatic heterocycles. The summed E-state index contributed by atoms with van der Waals surface area (Å²) in [6, 6.07) is 36.1. The molecule has 169 valence electrons. The topological polar surface area (TPSA) is 57.2 Å². The quantitative estimate of drug-likeness (QED) is 0.320. The summed E-state index contributed by atoms with van der Waals surface area (Å²) in [5.41, 5.74) is 11.6. The Labute approximate surface area is 203 Å². The molecule has 0 aliphatic carbocycles. The highest BCUT2D eigenvalue weighted by atomic mass is 16.5. The first-order valence-electron chi connectivity index (χ1n) is 11.5. The zero-order valence-electron chi connectivity index (χ0n) is 19.3. The maximum Gasteiger partial charge on any atom is 0.249 e. The minimum atomic E-state index is -0.438. The van der Waals surface area contributed by atoms with Gasteiger partial charge >= 0.3 is 0 Å². The Morgan fingerprint density at radius 3 is 2.46 bits per heavy atom. The van der Waals surface area contributed by atoms with Crippen molar-refractivity contribution in [2.75, 3.05) is 7.11 Å². The minimum Gasteiger partial charge on any atom is -0.497 e. The molecule has 5 aromatic carbocycles. The fourth-order valence-electron chi connectivity index (χ4n) is 4.98. The minimum absolute atomic E-state index is 0.438. The molecule has 6 rings (SSSR count). The second-order valence-corrected chi connectivity index (χ2v) is 8.67. The van der Waals surface area contributed by atoms with Crippen LogP contribution in [0.3, 0.4) is 0 Å². The molecule has 0 bridgehead atoms. The zero-order chi connectivity index (χ0) is 23.9. The van der Waals surface area contributed by atoms with Gasteiger partial charge in [-0.05, 0) is 69.9 Å². The number of methoxy groups -OCH3 is 1. The number of ether oxygens (including phenoxy) is 1. The van der Waals surface area contributed by atoms with Crippen molar-refractivity contribution in [3.05, 3.63) is 114 Å². The predicted octanol–water partition coefficient (Wildman–Crippen LogP) is 6.57. The molecular weight excluding hydrogens is 432 g/mol. The van der Waals surface area contributed by atoms with Gasteiger partial charge in [-0.15, -0.1) is 0 Å². The van der Waals surface area contributed by atoms with Crippen LogP contribution in [0.25, 0.3) is 43.7 Å². The van der Waals surface area contributed by atoms with Crippen molar-refractivity contribution in [3.8, 4) is 16.9 Å². The van der Waals surface area contributed by atoms with Gasteiger partial charge in [0.1, 0.15) is 5.75 Å². The lowest BCUT2D eigenvalue weighted by Crippen LogP contribution is -2.11. The van der Waals surface area contributed by atoms with Crippen LogP contribution in [-0.4, -0.2) is 17.6 Å². The Morgan fingerprint density at radius 1 is 0.886 bits per heavy atom. The van der Waals surface area contributed by atoms with Gasteiger partial charge in [-0.1, -0.05) is 60.7 Å². The smallest absolute Gasteiger partial charge is 0.249 e. The lowest BCUT2D eigenvalue weighted by molar-refractivity contribution is 0.100. The van der Waals surface area contributed by atoms with Crippen LogP contribution in [0.4, 0.5) is 0 Å². The van der Waals surface area contributed by atoms with Gasteiger partial charge in [-0.2, -0.15) is 0 Å². The highest BCUT2D eigenvalue weighted by molar-refractivity contribution is 6.18. The van der Waals surface area contributed by atoms with Crippen molar-refractivity contribution >= 4 is 38.5 Å². The third-order valence-electron chi connectivity index (χ3n) is 6.69. The summed E-state index contributed by atoms with van der Waals surface area (Å²) in [4.78, 5) is 12.3. The van der Waals surface area contributed by atoms with Crippen LogP contribution in [0.2, 0.25) is 0 Å². The number of nitrogens with two attached hydrogens (primary N) is 1. The second kappa shape index (κ2) is 8.33. The fourth-order valence-corrected chi connectivity index (χ4v) is 4.98. The van der Waals surface area contributed by atoms with E-state index in [9.17, 15) is 4.79 Å². The van der Waals surface area contributed by atoms with E-state index in [0.29, 0.717) is 12.1 Å². The summed E-state index contributed by atoms with van der Waals surface area (Å²) < 4.78 is 7.58. The van der Waals surface area contributed by atoms with Crippen molar-refractivity contribution in [2.45, 2.75) is 6.54 Å². The van der Waals surface area contributed by atoms with Crippen molar-refractivity contribution < 1.29 is 9.53 Å². The zero-order valence-corrected chi connectivity index (χ0v) is 19.3. The molecule has 1 radical (unpaired) electrons. The summed E-state index contributed by atoms with van der Waals surface area (Å²) >= 11 is 0. The molecule has 0 saturated heterocycles. The molecule has 0 saturated carbocycles. The number of amides is 1. The first-order valence-corrected chi connectivity index (χ1v) is 11.5. The number of benzene rings is 5.